The predicted octanol–water partition coefficient (Wildman–Crippen LogP) is 15.5. The fraction of sp³-hybridized carbons (Fsp3) is 0.741. The topological polar surface area (TPSA) is 108 Å². The summed E-state index contributed by atoms with van der Waals surface area (Å²) in [6.07, 6.45) is 59.6. The van der Waals surface area contributed by atoms with Gasteiger partial charge in [0.15, 0.2) is 6.10 Å². The molecule has 0 aromatic rings. The molecule has 0 heterocycles. The number of aliphatic carboxylic acids is 1. The number of nitrogens with zero attached hydrogens (tertiary/aromatic N) is 1. The quantitative estimate of drug-likeness (QED) is 0.0211. The van der Waals surface area contributed by atoms with Gasteiger partial charge in [-0.15, -0.1) is 0 Å². The molecule has 0 saturated carbocycles. The van der Waals surface area contributed by atoms with Crippen LogP contribution in [0.25, 0.3) is 0 Å². The second-order valence-corrected chi connectivity index (χ2v) is 19.2. The molecule has 0 saturated heterocycles. The molecule has 9 heteroatoms. The Morgan fingerprint density at radius 1 is 0.463 bits per heavy atom. The van der Waals surface area contributed by atoms with Gasteiger partial charge in [0, 0.05) is 12.8 Å². The Kier molecular flexibility index (Phi) is 46.8. The monoisotopic (exact) mass is 941 g/mol. The average Bonchev–Trinajstić information content (AvgIpc) is 3.29. The van der Waals surface area contributed by atoms with Gasteiger partial charge in [-0.2, -0.15) is 0 Å². The van der Waals surface area contributed by atoms with Gasteiger partial charge in [0.25, 0.3) is 6.29 Å². The fourth-order valence-corrected chi connectivity index (χ4v) is 7.27. The molecule has 9 nitrogen and oxygen atoms in total. The number of carboxylic acids is 1. The number of carboxylic acid groups (broad SMARTS) is 1. The summed E-state index contributed by atoms with van der Waals surface area (Å²) in [7, 11) is 5.96. The number of esters is 2. The molecule has 0 aliphatic rings. The van der Waals surface area contributed by atoms with E-state index in [4.69, 9.17) is 18.9 Å². The van der Waals surface area contributed by atoms with Crippen LogP contribution in [0.3, 0.4) is 0 Å². The van der Waals surface area contributed by atoms with Crippen LogP contribution in [0.5, 0.6) is 0 Å². The van der Waals surface area contributed by atoms with Crippen molar-refractivity contribution in [3.63, 3.8) is 0 Å². The molecule has 386 valence electrons. The van der Waals surface area contributed by atoms with Gasteiger partial charge in [-0.25, -0.2) is 4.79 Å². The van der Waals surface area contributed by atoms with Crippen molar-refractivity contribution in [2.75, 3.05) is 47.5 Å². The molecule has 0 rings (SSSR count). The molecule has 1 N–H and O–H groups in total. The van der Waals surface area contributed by atoms with E-state index in [-0.39, 0.29) is 32.2 Å². The first-order valence-electron chi connectivity index (χ1n) is 27.1. The van der Waals surface area contributed by atoms with Gasteiger partial charge >= 0.3 is 17.9 Å². The number of carbonyl (C=O) groups excluding carboxylic acids is 2. The largest absolute Gasteiger partial charge is 0.477 e. The van der Waals surface area contributed by atoms with Crippen LogP contribution >= 0.6 is 0 Å². The molecule has 0 fully saturated rings. The lowest BCUT2D eigenvalue weighted by molar-refractivity contribution is -0.870. The van der Waals surface area contributed by atoms with Crippen LogP contribution in [-0.2, 0) is 33.3 Å². The van der Waals surface area contributed by atoms with E-state index in [9.17, 15) is 19.5 Å². The lowest BCUT2D eigenvalue weighted by Gasteiger charge is -2.25. The first kappa shape index (κ1) is 63.7. The summed E-state index contributed by atoms with van der Waals surface area (Å²) in [5, 5.41) is 9.69. The smallest absolute Gasteiger partial charge is 0.361 e. The number of unbranched alkanes of at least 4 members (excludes halogenated alkanes) is 22. The summed E-state index contributed by atoms with van der Waals surface area (Å²) < 4.78 is 22.8. The van der Waals surface area contributed by atoms with Crippen molar-refractivity contribution in [2.45, 2.75) is 232 Å². The minimum Gasteiger partial charge on any atom is -0.477 e. The van der Waals surface area contributed by atoms with Crippen LogP contribution < -0.4 is 0 Å². The first-order valence-corrected chi connectivity index (χ1v) is 27.1. The van der Waals surface area contributed by atoms with Crippen LogP contribution in [-0.4, -0.2) is 87.4 Å². The highest BCUT2D eigenvalue weighted by molar-refractivity contribution is 5.71. The number of likely N-dealkylation sites (N-methyl/N-ethyl adjacent to an activating group) is 1. The van der Waals surface area contributed by atoms with Gasteiger partial charge in [0.1, 0.15) is 13.2 Å². The number of hydrogen-bond donors (Lipinski definition) is 1. The maximum absolute atomic E-state index is 12.9. The number of allylic oxidation sites excluding steroid dienone is 12. The highest BCUT2D eigenvalue weighted by Crippen LogP contribution is 2.15. The summed E-state index contributed by atoms with van der Waals surface area (Å²) in [4.78, 5) is 37.4. The molecule has 0 radical (unpaired) electrons. The van der Waals surface area contributed by atoms with E-state index in [0.717, 1.165) is 77.0 Å². The minimum absolute atomic E-state index is 0.183. The summed E-state index contributed by atoms with van der Waals surface area (Å²) in [6, 6.07) is 0. The Hall–Kier alpha value is -3.27. The molecular weight excluding hydrogens is 839 g/mol. The predicted molar refractivity (Wildman–Crippen MR) is 281 cm³/mol. The van der Waals surface area contributed by atoms with Crippen LogP contribution in [0, 0.1) is 0 Å². The van der Waals surface area contributed by atoms with Crippen molar-refractivity contribution >= 4 is 17.9 Å². The Morgan fingerprint density at radius 2 is 0.851 bits per heavy atom. The third-order valence-electron chi connectivity index (χ3n) is 11.4. The average molecular weight is 941 g/mol. The van der Waals surface area contributed by atoms with Gasteiger partial charge in [-0.05, 0) is 83.5 Å². The normalized spacial score (nSPS) is 13.4. The maximum Gasteiger partial charge on any atom is 0.361 e. The fourth-order valence-electron chi connectivity index (χ4n) is 7.27. The third kappa shape index (κ3) is 50.4. The lowest BCUT2D eigenvalue weighted by Crippen LogP contribution is -2.40. The van der Waals surface area contributed by atoms with Crippen molar-refractivity contribution in [2.24, 2.45) is 0 Å². The third-order valence-corrected chi connectivity index (χ3v) is 11.4. The number of hydrogen-bond acceptors (Lipinski definition) is 7. The van der Waals surface area contributed by atoms with Gasteiger partial charge in [0.05, 0.1) is 34.4 Å². The number of ether oxygens (including phenoxy) is 4. The molecule has 0 amide bonds. The van der Waals surface area contributed by atoms with Crippen molar-refractivity contribution in [3.8, 4) is 0 Å². The zero-order valence-corrected chi connectivity index (χ0v) is 43.8. The second kappa shape index (κ2) is 49.2. The van der Waals surface area contributed by atoms with Crippen LogP contribution in [0.2, 0.25) is 0 Å². The number of rotatable bonds is 49. The highest BCUT2D eigenvalue weighted by atomic mass is 16.7. The Bertz CT molecular complexity index is 1330. The van der Waals surface area contributed by atoms with Crippen molar-refractivity contribution in [1.29, 1.82) is 0 Å². The molecular formula is C58H102NO8+. The number of carbonyl (C=O) groups is 3. The zero-order valence-electron chi connectivity index (χ0n) is 43.8. The van der Waals surface area contributed by atoms with Crippen LogP contribution in [0.1, 0.15) is 219 Å². The number of quaternary nitrogens is 1. The van der Waals surface area contributed by atoms with Gasteiger partial charge < -0.3 is 28.5 Å². The van der Waals surface area contributed by atoms with E-state index < -0.39 is 24.3 Å². The summed E-state index contributed by atoms with van der Waals surface area (Å²) in [5.41, 5.74) is 0. The Balaban J connectivity index is 4.32. The summed E-state index contributed by atoms with van der Waals surface area (Å²) in [5.74, 6) is -2.02. The van der Waals surface area contributed by atoms with E-state index in [1.54, 1.807) is 0 Å². The van der Waals surface area contributed by atoms with Crippen molar-refractivity contribution < 1.29 is 42.9 Å². The summed E-state index contributed by atoms with van der Waals surface area (Å²) in [6.45, 7) is 4.73. The van der Waals surface area contributed by atoms with E-state index in [0.29, 0.717) is 23.9 Å². The Morgan fingerprint density at radius 3 is 1.27 bits per heavy atom. The van der Waals surface area contributed by atoms with Gasteiger partial charge in [-0.1, -0.05) is 196 Å². The van der Waals surface area contributed by atoms with E-state index in [2.05, 4.69) is 86.8 Å². The highest BCUT2D eigenvalue weighted by Gasteiger charge is 2.25. The lowest BCUT2D eigenvalue weighted by atomic mass is 10.0. The van der Waals surface area contributed by atoms with Crippen LogP contribution in [0.4, 0.5) is 0 Å². The molecule has 0 bridgehead atoms. The van der Waals surface area contributed by atoms with E-state index in [1.807, 2.05) is 21.1 Å². The Labute approximate surface area is 411 Å². The van der Waals surface area contributed by atoms with Crippen LogP contribution in [0.15, 0.2) is 72.9 Å². The molecule has 0 aliphatic heterocycles. The van der Waals surface area contributed by atoms with Gasteiger partial charge in [-0.3, -0.25) is 9.59 Å². The minimum atomic E-state index is -1.51. The van der Waals surface area contributed by atoms with Gasteiger partial charge in [0.2, 0.25) is 0 Å². The van der Waals surface area contributed by atoms with Crippen molar-refractivity contribution in [3.05, 3.63) is 72.9 Å². The second-order valence-electron chi connectivity index (χ2n) is 19.2. The van der Waals surface area contributed by atoms with E-state index >= 15 is 0 Å². The van der Waals surface area contributed by atoms with E-state index in [1.165, 1.54) is 109 Å². The molecule has 0 aromatic heterocycles. The molecule has 2 atom stereocenters. The molecule has 67 heavy (non-hydrogen) atoms. The van der Waals surface area contributed by atoms with Crippen molar-refractivity contribution in [1.82, 2.24) is 0 Å². The first-order chi connectivity index (χ1) is 32.6. The zero-order chi connectivity index (χ0) is 49.2. The molecule has 0 spiro atoms. The molecule has 2 unspecified atom stereocenters. The maximum atomic E-state index is 12.9. The SMILES string of the molecule is CC/C=C\C/C=C\C/C=C\C/C=C\CCCCCCCCCCCCC(=O)OC(COC(=O)CCCCCCCCCCC/C=C\C/C=C\CCCCC)COC(OCC[N+](C)(C)C)C(=O)O. The summed E-state index contributed by atoms with van der Waals surface area (Å²) >= 11 is 0. The molecule has 0 aliphatic carbocycles. The standard InChI is InChI=1S/C58H101NO8/c1-6-8-10-12-14-16-18-20-22-24-26-27-28-29-31-33-35-37-39-41-43-45-47-49-56(61)67-54(53-66-58(57(62)63)64-51-50-59(3,4)5)52-65-55(60)48-46-44-42-40-38-36-34-32-30-25-23-21-19-17-15-13-11-9-7-2/h8,10,14-17,20-23,26-27,54,58H,6-7,9,11-13,18-19,24-25,28-53H2,1-5H3/p+1/b10-8-,16-14-,17-15-,22-20-,23-21-,27-26-. The molecule has 0 aromatic carbocycles.